The van der Waals surface area contributed by atoms with Crippen LogP contribution >= 0.6 is 0 Å². The molecule has 1 amide bonds. The van der Waals surface area contributed by atoms with Crippen LogP contribution in [0.2, 0.25) is 0 Å². The first-order chi connectivity index (χ1) is 15.6. The van der Waals surface area contributed by atoms with Gasteiger partial charge < -0.3 is 19.4 Å². The van der Waals surface area contributed by atoms with Crippen LogP contribution in [0.5, 0.6) is 17.2 Å². The lowest BCUT2D eigenvalue weighted by atomic mass is 10.2. The van der Waals surface area contributed by atoms with Gasteiger partial charge in [0, 0.05) is 37.7 Å². The molecule has 4 rings (SSSR count). The van der Waals surface area contributed by atoms with Gasteiger partial charge in [-0.3, -0.25) is 9.48 Å². The van der Waals surface area contributed by atoms with Gasteiger partial charge in [0.1, 0.15) is 17.2 Å². The predicted molar refractivity (Wildman–Crippen MR) is 121 cm³/mol. The number of aromatic nitrogens is 4. The van der Waals surface area contributed by atoms with Crippen LogP contribution in [-0.2, 0) is 17.9 Å². The Kier molecular flexibility index (Phi) is 6.81. The lowest BCUT2D eigenvalue weighted by molar-refractivity contribution is -0.118. The SMILES string of the molecule is Cc1ccc(Oc2ccc(OCC(=O)Nc3ccn(CCCn4ccnc4)n3)cc2)cc1. The molecule has 0 aliphatic rings. The Hall–Kier alpha value is -4.07. The summed E-state index contributed by atoms with van der Waals surface area (Å²) < 4.78 is 15.2. The zero-order chi connectivity index (χ0) is 22.2. The number of benzene rings is 2. The van der Waals surface area contributed by atoms with Gasteiger partial charge in [-0.2, -0.15) is 5.10 Å². The zero-order valence-corrected chi connectivity index (χ0v) is 17.8. The highest BCUT2D eigenvalue weighted by Gasteiger charge is 2.07. The van der Waals surface area contributed by atoms with Gasteiger partial charge in [-0.15, -0.1) is 0 Å². The molecule has 0 bridgehead atoms. The summed E-state index contributed by atoms with van der Waals surface area (Å²) >= 11 is 0. The van der Waals surface area contributed by atoms with Crippen molar-refractivity contribution in [3.8, 4) is 17.2 Å². The molecule has 1 N–H and O–H groups in total. The van der Waals surface area contributed by atoms with Crippen molar-refractivity contribution in [2.45, 2.75) is 26.4 Å². The fourth-order valence-electron chi connectivity index (χ4n) is 3.06. The van der Waals surface area contributed by atoms with E-state index in [0.717, 1.165) is 25.3 Å². The number of anilines is 1. The van der Waals surface area contributed by atoms with E-state index in [2.05, 4.69) is 15.4 Å². The van der Waals surface area contributed by atoms with E-state index in [1.807, 2.05) is 48.1 Å². The Morgan fingerprint density at radius 3 is 2.38 bits per heavy atom. The lowest BCUT2D eigenvalue weighted by Gasteiger charge is -2.08. The summed E-state index contributed by atoms with van der Waals surface area (Å²) in [7, 11) is 0. The molecule has 2 heterocycles. The number of nitrogens with zero attached hydrogens (tertiary/aromatic N) is 4. The molecule has 0 aliphatic carbocycles. The van der Waals surface area contributed by atoms with Gasteiger partial charge in [0.25, 0.3) is 5.91 Å². The number of rotatable bonds is 10. The fraction of sp³-hybridized carbons (Fsp3) is 0.208. The standard InChI is InChI=1S/C24H25N5O3/c1-19-3-5-21(6-4-19)32-22-9-7-20(8-10-22)31-17-24(30)26-23-11-15-29(27-23)14-2-13-28-16-12-25-18-28/h3-12,15-16,18H,2,13-14,17H2,1H3,(H,26,27,30). The minimum atomic E-state index is -0.270. The second-order valence-electron chi connectivity index (χ2n) is 7.34. The molecule has 8 heteroatoms. The van der Waals surface area contributed by atoms with Crippen LogP contribution in [0.4, 0.5) is 5.82 Å². The van der Waals surface area contributed by atoms with Crippen molar-refractivity contribution < 1.29 is 14.3 Å². The average Bonchev–Trinajstić information content (AvgIpc) is 3.47. The van der Waals surface area contributed by atoms with E-state index in [1.54, 1.807) is 47.5 Å². The third kappa shape index (κ3) is 6.21. The Balaban J connectivity index is 1.19. The van der Waals surface area contributed by atoms with Gasteiger partial charge in [0.05, 0.1) is 6.33 Å². The first kappa shape index (κ1) is 21.2. The summed E-state index contributed by atoms with van der Waals surface area (Å²) in [5.74, 6) is 2.28. The summed E-state index contributed by atoms with van der Waals surface area (Å²) in [6.07, 6.45) is 8.24. The van der Waals surface area contributed by atoms with Crippen molar-refractivity contribution in [3.63, 3.8) is 0 Å². The van der Waals surface area contributed by atoms with Gasteiger partial charge >= 0.3 is 0 Å². The topological polar surface area (TPSA) is 83.2 Å². The molecule has 0 fully saturated rings. The molecule has 0 aliphatic heterocycles. The predicted octanol–water partition coefficient (Wildman–Crippen LogP) is 4.29. The Bertz CT molecular complexity index is 1120. The maximum atomic E-state index is 12.2. The molecule has 0 saturated heterocycles. The third-order valence-electron chi connectivity index (χ3n) is 4.72. The molecule has 0 spiro atoms. The number of nitrogens with one attached hydrogen (secondary N) is 1. The number of aryl methyl sites for hydroxylation is 3. The summed E-state index contributed by atoms with van der Waals surface area (Å²) in [6.45, 7) is 3.54. The largest absolute Gasteiger partial charge is 0.484 e. The molecule has 2 aromatic heterocycles. The van der Waals surface area contributed by atoms with E-state index >= 15 is 0 Å². The van der Waals surface area contributed by atoms with Crippen LogP contribution < -0.4 is 14.8 Å². The van der Waals surface area contributed by atoms with E-state index in [-0.39, 0.29) is 12.5 Å². The molecule has 0 unspecified atom stereocenters. The minimum Gasteiger partial charge on any atom is -0.484 e. The van der Waals surface area contributed by atoms with Gasteiger partial charge in [-0.25, -0.2) is 4.98 Å². The van der Waals surface area contributed by atoms with Gasteiger partial charge in [-0.1, -0.05) is 17.7 Å². The molecule has 0 radical (unpaired) electrons. The molecule has 8 nitrogen and oxygen atoms in total. The zero-order valence-electron chi connectivity index (χ0n) is 17.8. The molecule has 0 saturated carbocycles. The minimum absolute atomic E-state index is 0.106. The average molecular weight is 431 g/mol. The van der Waals surface area contributed by atoms with Crippen molar-refractivity contribution >= 4 is 11.7 Å². The number of hydrogen-bond donors (Lipinski definition) is 1. The van der Waals surface area contributed by atoms with Crippen LogP contribution in [0.1, 0.15) is 12.0 Å². The summed E-state index contributed by atoms with van der Waals surface area (Å²) in [4.78, 5) is 16.2. The van der Waals surface area contributed by atoms with Gasteiger partial charge in [0.15, 0.2) is 12.4 Å². The second-order valence-corrected chi connectivity index (χ2v) is 7.34. The number of ether oxygens (including phenoxy) is 2. The molecule has 0 atom stereocenters. The van der Waals surface area contributed by atoms with E-state index in [9.17, 15) is 4.79 Å². The molecule has 164 valence electrons. The molecule has 32 heavy (non-hydrogen) atoms. The van der Waals surface area contributed by atoms with E-state index in [0.29, 0.717) is 17.3 Å². The normalized spacial score (nSPS) is 10.7. The summed E-state index contributed by atoms with van der Waals surface area (Å²) in [5.41, 5.74) is 1.18. The number of carbonyl (C=O) groups is 1. The van der Waals surface area contributed by atoms with Crippen molar-refractivity contribution in [2.24, 2.45) is 0 Å². The van der Waals surface area contributed by atoms with Crippen molar-refractivity contribution in [1.82, 2.24) is 19.3 Å². The highest BCUT2D eigenvalue weighted by Crippen LogP contribution is 2.24. The fourth-order valence-corrected chi connectivity index (χ4v) is 3.06. The van der Waals surface area contributed by atoms with Crippen LogP contribution in [-0.4, -0.2) is 31.8 Å². The number of imidazole rings is 1. The molecular weight excluding hydrogens is 406 g/mol. The Labute approximate surface area is 186 Å². The van der Waals surface area contributed by atoms with E-state index in [1.165, 1.54) is 5.56 Å². The molecule has 2 aromatic carbocycles. The first-order valence-corrected chi connectivity index (χ1v) is 10.4. The monoisotopic (exact) mass is 431 g/mol. The smallest absolute Gasteiger partial charge is 0.263 e. The Morgan fingerprint density at radius 2 is 1.66 bits per heavy atom. The van der Waals surface area contributed by atoms with E-state index < -0.39 is 0 Å². The molecule has 4 aromatic rings. The third-order valence-corrected chi connectivity index (χ3v) is 4.72. The van der Waals surface area contributed by atoms with Crippen molar-refractivity contribution in [1.29, 1.82) is 0 Å². The summed E-state index contributed by atoms with van der Waals surface area (Å²) in [5, 5.41) is 7.12. The highest BCUT2D eigenvalue weighted by molar-refractivity contribution is 5.90. The van der Waals surface area contributed by atoms with Crippen LogP contribution in [0.15, 0.2) is 79.5 Å². The highest BCUT2D eigenvalue weighted by atomic mass is 16.5. The number of carbonyl (C=O) groups excluding carboxylic acids is 1. The van der Waals surface area contributed by atoms with Crippen molar-refractivity contribution in [2.75, 3.05) is 11.9 Å². The first-order valence-electron chi connectivity index (χ1n) is 10.4. The maximum absolute atomic E-state index is 12.2. The number of amides is 1. The summed E-state index contributed by atoms with van der Waals surface area (Å²) in [6, 6.07) is 16.8. The van der Waals surface area contributed by atoms with Gasteiger partial charge in [-0.05, 0) is 49.7 Å². The van der Waals surface area contributed by atoms with E-state index in [4.69, 9.17) is 9.47 Å². The number of hydrogen-bond acceptors (Lipinski definition) is 5. The van der Waals surface area contributed by atoms with Crippen molar-refractivity contribution in [3.05, 3.63) is 85.1 Å². The maximum Gasteiger partial charge on any atom is 0.263 e. The van der Waals surface area contributed by atoms with Gasteiger partial charge in [0.2, 0.25) is 0 Å². The van der Waals surface area contributed by atoms with Crippen LogP contribution in [0.25, 0.3) is 0 Å². The molecular formula is C24H25N5O3. The van der Waals surface area contributed by atoms with Crippen LogP contribution in [0, 0.1) is 6.92 Å². The second kappa shape index (κ2) is 10.3. The quantitative estimate of drug-likeness (QED) is 0.405. The Morgan fingerprint density at radius 1 is 0.938 bits per heavy atom. The lowest BCUT2D eigenvalue weighted by Crippen LogP contribution is -2.20. The van der Waals surface area contributed by atoms with Crippen LogP contribution in [0.3, 0.4) is 0 Å².